The maximum absolute atomic E-state index is 14.0. The van der Waals surface area contributed by atoms with Crippen LogP contribution in [0.15, 0.2) is 125 Å². The molecule has 1 aliphatic rings. The molecule has 6 rings (SSSR count). The Morgan fingerprint density at radius 1 is 0.857 bits per heavy atom. The molecule has 294 valence electrons. The molecule has 0 aromatic heterocycles. The molecule has 1 saturated heterocycles. The fourth-order valence-corrected chi connectivity index (χ4v) is 8.17. The number of hydrogen-bond acceptors (Lipinski definition) is 9. The molecule has 0 atom stereocenters. The van der Waals surface area contributed by atoms with Gasteiger partial charge in [0.2, 0.25) is 0 Å². The second-order valence-electron chi connectivity index (χ2n) is 13.6. The highest BCUT2D eigenvalue weighted by Gasteiger charge is 2.35. The molecule has 0 bridgehead atoms. The third kappa shape index (κ3) is 10.8. The highest BCUT2D eigenvalue weighted by atomic mass is 32.2. The van der Waals surface area contributed by atoms with E-state index in [1.165, 1.54) is 23.9 Å². The summed E-state index contributed by atoms with van der Waals surface area (Å²) in [6, 6.07) is 31.8. The Bertz CT molecular complexity index is 2230. The zero-order valence-electron chi connectivity index (χ0n) is 30.9. The minimum absolute atomic E-state index is 0.000444. The molecule has 9 nitrogen and oxygen atoms in total. The van der Waals surface area contributed by atoms with E-state index in [1.54, 1.807) is 24.3 Å². The van der Waals surface area contributed by atoms with Crippen molar-refractivity contribution in [2.75, 3.05) is 48.7 Å². The average molecular weight is 805 g/mol. The van der Waals surface area contributed by atoms with E-state index in [9.17, 15) is 31.5 Å². The van der Waals surface area contributed by atoms with Crippen LogP contribution in [0.2, 0.25) is 0 Å². The Morgan fingerprint density at radius 3 is 2.27 bits per heavy atom. The highest BCUT2D eigenvalue weighted by Crippen LogP contribution is 2.37. The number of thioether (sulfide) groups is 1. The van der Waals surface area contributed by atoms with E-state index < -0.39 is 32.6 Å². The molecule has 1 aliphatic heterocycles. The van der Waals surface area contributed by atoms with Crippen LogP contribution in [0.25, 0.3) is 11.1 Å². The number of piperazine rings is 1. The molecule has 1 fully saturated rings. The van der Waals surface area contributed by atoms with Gasteiger partial charge in [0, 0.05) is 66.9 Å². The molecule has 5 aromatic rings. The predicted octanol–water partition coefficient (Wildman–Crippen LogP) is 8.51. The fourth-order valence-electron chi connectivity index (χ4n) is 6.38. The second-order valence-corrected chi connectivity index (χ2v) is 16.5. The molecule has 1 amide bonds. The van der Waals surface area contributed by atoms with Gasteiger partial charge in [-0.15, -0.1) is 11.8 Å². The third-order valence-electron chi connectivity index (χ3n) is 9.05. The van der Waals surface area contributed by atoms with E-state index in [0.717, 1.165) is 58.2 Å². The lowest BCUT2D eigenvalue weighted by Gasteiger charge is -2.36. The number of amides is 1. The molecule has 0 aliphatic carbocycles. The Morgan fingerprint density at radius 2 is 1.59 bits per heavy atom. The number of benzene rings is 5. The molecule has 0 radical (unpaired) electrons. The van der Waals surface area contributed by atoms with Crippen molar-refractivity contribution in [3.8, 4) is 22.6 Å². The van der Waals surface area contributed by atoms with Crippen molar-refractivity contribution in [2.24, 2.45) is 0 Å². The lowest BCUT2D eigenvalue weighted by molar-refractivity contribution is -0.137. The second kappa shape index (κ2) is 17.7. The van der Waals surface area contributed by atoms with Crippen molar-refractivity contribution in [1.29, 1.82) is 0 Å². The van der Waals surface area contributed by atoms with Crippen molar-refractivity contribution in [3.05, 3.63) is 132 Å². The number of halogens is 3. The lowest BCUT2D eigenvalue weighted by Crippen LogP contribution is -2.46. The van der Waals surface area contributed by atoms with Crippen molar-refractivity contribution in [2.45, 2.75) is 42.5 Å². The maximum Gasteiger partial charge on any atom is 0.418 e. The molecule has 1 heterocycles. The van der Waals surface area contributed by atoms with Crippen molar-refractivity contribution < 1.29 is 36.2 Å². The molecule has 3 N–H and O–H groups in total. The van der Waals surface area contributed by atoms with Gasteiger partial charge in [0.1, 0.15) is 11.5 Å². The number of anilines is 2. The van der Waals surface area contributed by atoms with E-state index in [-0.39, 0.29) is 29.6 Å². The van der Waals surface area contributed by atoms with Crippen LogP contribution in [0.1, 0.15) is 35.3 Å². The van der Waals surface area contributed by atoms with Gasteiger partial charge in [-0.25, -0.2) is 13.1 Å². The summed E-state index contributed by atoms with van der Waals surface area (Å²) in [5, 5.41) is 12.8. The van der Waals surface area contributed by atoms with E-state index >= 15 is 0 Å². The molecule has 0 unspecified atom stereocenters. The van der Waals surface area contributed by atoms with Crippen molar-refractivity contribution in [3.63, 3.8) is 0 Å². The SMILES string of the molecule is CC(C)Oc1cc(CN2CCN(c3ccc(C(=O)NS(=O)(=O)c4ccc(NCCSc5ccccc5)c(C(F)(F)F)c4)cc3)CC2)cc(-c2cccc(O)c2)c1. The van der Waals surface area contributed by atoms with Gasteiger partial charge >= 0.3 is 6.18 Å². The zero-order valence-corrected chi connectivity index (χ0v) is 32.6. The molecule has 0 saturated carbocycles. The number of carbonyl (C=O) groups is 1. The minimum Gasteiger partial charge on any atom is -0.508 e. The van der Waals surface area contributed by atoms with Crippen LogP contribution in [0.3, 0.4) is 0 Å². The first-order valence-corrected chi connectivity index (χ1v) is 20.6. The smallest absolute Gasteiger partial charge is 0.418 e. The summed E-state index contributed by atoms with van der Waals surface area (Å²) in [5.74, 6) is 0.480. The number of sulfonamides is 1. The third-order valence-corrected chi connectivity index (χ3v) is 11.4. The van der Waals surface area contributed by atoms with Gasteiger partial charge in [0.05, 0.1) is 16.6 Å². The van der Waals surface area contributed by atoms with Gasteiger partial charge in [-0.3, -0.25) is 9.69 Å². The molecular formula is C42H43F3N4O5S2. The number of nitrogens with one attached hydrogen (secondary N) is 2. The molecule has 5 aromatic carbocycles. The minimum atomic E-state index is -4.84. The Balaban J connectivity index is 1.05. The summed E-state index contributed by atoms with van der Waals surface area (Å²) < 4.78 is 76.2. The van der Waals surface area contributed by atoms with Gasteiger partial charge in [0.15, 0.2) is 0 Å². The zero-order chi connectivity index (χ0) is 39.9. The number of carbonyl (C=O) groups excluding carboxylic acids is 1. The number of phenolic OH excluding ortho intramolecular Hbond substituents is 1. The van der Waals surface area contributed by atoms with Gasteiger partial charge in [-0.1, -0.05) is 30.3 Å². The van der Waals surface area contributed by atoms with Crippen LogP contribution in [0.5, 0.6) is 11.5 Å². The Labute approximate surface area is 329 Å². The largest absolute Gasteiger partial charge is 0.508 e. The van der Waals surface area contributed by atoms with Gasteiger partial charge < -0.3 is 20.1 Å². The predicted molar refractivity (Wildman–Crippen MR) is 215 cm³/mol. The lowest BCUT2D eigenvalue weighted by atomic mass is 10.0. The van der Waals surface area contributed by atoms with Crippen molar-refractivity contribution >= 4 is 39.1 Å². The molecule has 0 spiro atoms. The van der Waals surface area contributed by atoms with Crippen molar-refractivity contribution in [1.82, 2.24) is 9.62 Å². The molecule has 14 heteroatoms. The number of aromatic hydroxyl groups is 1. The number of alkyl halides is 3. The maximum atomic E-state index is 14.0. The summed E-state index contributed by atoms with van der Waals surface area (Å²) in [7, 11) is -4.63. The number of nitrogens with zero attached hydrogens (tertiary/aromatic N) is 2. The first-order valence-electron chi connectivity index (χ1n) is 18.1. The Kier molecular flexibility index (Phi) is 12.8. The van der Waals surface area contributed by atoms with Gasteiger partial charge in [-0.2, -0.15) is 13.2 Å². The van der Waals surface area contributed by atoms with E-state index in [0.29, 0.717) is 31.5 Å². The van der Waals surface area contributed by atoms with Gasteiger partial charge in [0.25, 0.3) is 15.9 Å². The van der Waals surface area contributed by atoms with Crippen LogP contribution in [0.4, 0.5) is 24.5 Å². The van der Waals surface area contributed by atoms with E-state index in [1.807, 2.05) is 73.2 Å². The average Bonchev–Trinajstić information content (AvgIpc) is 3.16. The summed E-state index contributed by atoms with van der Waals surface area (Å²) >= 11 is 1.47. The molecule has 56 heavy (non-hydrogen) atoms. The van der Waals surface area contributed by atoms with Crippen LogP contribution >= 0.6 is 11.8 Å². The van der Waals surface area contributed by atoms with Crippen LogP contribution in [-0.4, -0.2) is 68.9 Å². The highest BCUT2D eigenvalue weighted by molar-refractivity contribution is 7.99. The first kappa shape index (κ1) is 40.5. The summed E-state index contributed by atoms with van der Waals surface area (Å²) in [5.41, 5.74) is 2.42. The van der Waals surface area contributed by atoms with Crippen LogP contribution < -0.4 is 19.7 Å². The topological polar surface area (TPSA) is 111 Å². The number of hydrogen-bond donors (Lipinski definition) is 3. The summed E-state index contributed by atoms with van der Waals surface area (Å²) in [4.78, 5) is 17.8. The standard InChI is InChI=1S/C42H43F3N4O5S2/c1-29(2)54-36-24-30(23-33(26-36)32-7-6-8-35(50)25-32)28-48-18-20-49(21-19-48)34-13-11-31(12-14-34)41(51)47-56(52,53)38-15-16-40(39(27-38)42(43,44)45)46-17-22-55-37-9-4-3-5-10-37/h3-16,23-27,29,46,50H,17-22,28H2,1-2H3,(H,47,51). The summed E-state index contributed by atoms with van der Waals surface area (Å²) in [6.45, 7) is 7.80. The quantitative estimate of drug-likeness (QED) is 0.0752. The Hall–Kier alpha value is -5.18. The fraction of sp³-hybridized carbons (Fsp3) is 0.262. The monoisotopic (exact) mass is 804 g/mol. The molecular weight excluding hydrogens is 762 g/mol. The van der Waals surface area contributed by atoms with Gasteiger partial charge in [-0.05, 0) is 115 Å². The normalized spacial score (nSPS) is 13.8. The van der Waals surface area contributed by atoms with E-state index in [2.05, 4.69) is 21.2 Å². The number of phenols is 1. The van der Waals surface area contributed by atoms with Crippen LogP contribution in [-0.2, 0) is 22.7 Å². The first-order chi connectivity index (χ1) is 26.7. The summed E-state index contributed by atoms with van der Waals surface area (Å²) in [6.07, 6.45) is -4.84. The van der Waals surface area contributed by atoms with Crippen LogP contribution in [0, 0.1) is 0 Å². The van der Waals surface area contributed by atoms with E-state index in [4.69, 9.17) is 4.74 Å². The number of ether oxygens (including phenoxy) is 1. The number of rotatable bonds is 14.